The van der Waals surface area contributed by atoms with Gasteiger partial charge in [-0.3, -0.25) is 5.10 Å². The smallest absolute Gasteiger partial charge is 0.135 e. The zero-order valence-corrected chi connectivity index (χ0v) is 11.5. The summed E-state index contributed by atoms with van der Waals surface area (Å²) in [5, 5.41) is 7.21. The Morgan fingerprint density at radius 3 is 3.10 bits per heavy atom. The van der Waals surface area contributed by atoms with Crippen molar-refractivity contribution in [2.45, 2.75) is 38.0 Å². The number of hydrogen-bond acceptors (Lipinski definition) is 4. The third-order valence-electron chi connectivity index (χ3n) is 4.54. The van der Waals surface area contributed by atoms with Crippen LogP contribution in [0.1, 0.15) is 42.1 Å². The average molecular weight is 269 g/mol. The largest absolute Gasteiger partial charge is 0.356 e. The maximum atomic E-state index is 4.58. The molecule has 0 unspecified atom stereocenters. The topological polar surface area (TPSA) is 57.7 Å². The molecule has 1 N–H and O–H groups in total. The molecular weight excluding hydrogens is 250 g/mol. The highest BCUT2D eigenvalue weighted by Crippen LogP contribution is 2.32. The van der Waals surface area contributed by atoms with Gasteiger partial charge in [-0.1, -0.05) is 0 Å². The van der Waals surface area contributed by atoms with Gasteiger partial charge in [-0.2, -0.15) is 5.10 Å². The lowest BCUT2D eigenvalue weighted by atomic mass is 9.94. The quantitative estimate of drug-likeness (QED) is 0.906. The summed E-state index contributed by atoms with van der Waals surface area (Å²) in [4.78, 5) is 11.5. The second kappa shape index (κ2) is 4.89. The Balaban J connectivity index is 1.61. The van der Waals surface area contributed by atoms with Gasteiger partial charge in [0.1, 0.15) is 12.1 Å². The van der Waals surface area contributed by atoms with Crippen LogP contribution in [0.25, 0.3) is 0 Å². The fraction of sp³-hybridized carbons (Fsp3) is 0.533. The second-order valence-electron chi connectivity index (χ2n) is 5.77. The molecule has 4 rings (SSSR count). The van der Waals surface area contributed by atoms with E-state index in [0.29, 0.717) is 5.92 Å². The molecule has 1 aliphatic carbocycles. The molecule has 0 radical (unpaired) electrons. The Morgan fingerprint density at radius 1 is 1.20 bits per heavy atom. The lowest BCUT2D eigenvalue weighted by molar-refractivity contribution is 0.497. The molecule has 2 aromatic rings. The minimum Gasteiger partial charge on any atom is -0.356 e. The Labute approximate surface area is 118 Å². The number of aromatic nitrogens is 4. The van der Waals surface area contributed by atoms with E-state index in [1.165, 1.54) is 42.0 Å². The van der Waals surface area contributed by atoms with E-state index in [2.05, 4.69) is 31.1 Å². The van der Waals surface area contributed by atoms with Gasteiger partial charge in [0.25, 0.3) is 0 Å². The number of aromatic amines is 1. The number of nitrogens with one attached hydrogen (secondary N) is 1. The van der Waals surface area contributed by atoms with Gasteiger partial charge in [0.2, 0.25) is 0 Å². The number of hydrogen-bond donors (Lipinski definition) is 1. The summed E-state index contributed by atoms with van der Waals surface area (Å²) in [6, 6.07) is 2.10. The zero-order valence-electron chi connectivity index (χ0n) is 11.5. The van der Waals surface area contributed by atoms with Crippen molar-refractivity contribution in [3.05, 3.63) is 35.5 Å². The number of nitrogens with zero attached hydrogens (tertiary/aromatic N) is 4. The van der Waals surface area contributed by atoms with Crippen LogP contribution in [0.3, 0.4) is 0 Å². The minimum atomic E-state index is 0.540. The third-order valence-corrected chi connectivity index (χ3v) is 4.54. The Bertz CT molecular complexity index is 592. The molecular formula is C15H19N5. The second-order valence-corrected chi connectivity index (χ2v) is 5.77. The van der Waals surface area contributed by atoms with Gasteiger partial charge in [0.05, 0.1) is 0 Å². The molecule has 0 saturated carbocycles. The van der Waals surface area contributed by atoms with E-state index in [-0.39, 0.29) is 0 Å². The van der Waals surface area contributed by atoms with Crippen LogP contribution in [0, 0.1) is 0 Å². The van der Waals surface area contributed by atoms with Gasteiger partial charge in [-0.25, -0.2) is 9.97 Å². The van der Waals surface area contributed by atoms with Gasteiger partial charge in [-0.05, 0) is 38.2 Å². The average Bonchev–Trinajstić information content (AvgIpc) is 3.18. The maximum absolute atomic E-state index is 4.58. The molecule has 2 aromatic heterocycles. The van der Waals surface area contributed by atoms with Crippen LogP contribution in [0.15, 0.2) is 18.6 Å². The summed E-state index contributed by atoms with van der Waals surface area (Å²) in [5.74, 6) is 1.72. The van der Waals surface area contributed by atoms with Crippen LogP contribution in [0.4, 0.5) is 5.82 Å². The van der Waals surface area contributed by atoms with Crippen molar-refractivity contribution in [2.75, 3.05) is 18.0 Å². The lowest BCUT2D eigenvalue weighted by Gasteiger charge is -2.34. The lowest BCUT2D eigenvalue weighted by Crippen LogP contribution is -2.35. The van der Waals surface area contributed by atoms with Crippen LogP contribution in [-0.2, 0) is 12.8 Å². The monoisotopic (exact) mass is 269 g/mol. The number of fused-ring (bicyclic) bond motifs is 1. The van der Waals surface area contributed by atoms with Crippen molar-refractivity contribution in [3.63, 3.8) is 0 Å². The van der Waals surface area contributed by atoms with Crippen molar-refractivity contribution in [1.29, 1.82) is 0 Å². The minimum absolute atomic E-state index is 0.540. The fourth-order valence-corrected chi connectivity index (χ4v) is 3.53. The summed E-state index contributed by atoms with van der Waals surface area (Å²) < 4.78 is 0. The van der Waals surface area contributed by atoms with Crippen molar-refractivity contribution in [1.82, 2.24) is 20.2 Å². The van der Waals surface area contributed by atoms with Gasteiger partial charge in [0.15, 0.2) is 0 Å². The molecule has 5 nitrogen and oxygen atoms in total. The molecule has 1 fully saturated rings. The van der Waals surface area contributed by atoms with E-state index < -0.39 is 0 Å². The van der Waals surface area contributed by atoms with Crippen molar-refractivity contribution in [2.24, 2.45) is 0 Å². The molecule has 3 heterocycles. The Kier molecular flexibility index (Phi) is 2.90. The first kappa shape index (κ1) is 11.9. The van der Waals surface area contributed by atoms with Crippen molar-refractivity contribution in [3.8, 4) is 0 Å². The van der Waals surface area contributed by atoms with E-state index in [9.17, 15) is 0 Å². The highest BCUT2D eigenvalue weighted by atomic mass is 15.2. The van der Waals surface area contributed by atoms with E-state index in [1.807, 2.05) is 6.20 Å². The Hall–Kier alpha value is -1.91. The van der Waals surface area contributed by atoms with Gasteiger partial charge < -0.3 is 4.90 Å². The predicted molar refractivity (Wildman–Crippen MR) is 76.8 cm³/mol. The van der Waals surface area contributed by atoms with Gasteiger partial charge in [-0.15, -0.1) is 0 Å². The van der Waals surface area contributed by atoms with Gasteiger partial charge in [0, 0.05) is 42.2 Å². The molecule has 0 aromatic carbocycles. The summed E-state index contributed by atoms with van der Waals surface area (Å²) in [5.41, 5.74) is 3.90. The standard InChI is InChI=1S/C15H19N5/c1-4-12-14(5-1)16-10-17-15(12)20-8-2-3-11(9-20)13-6-7-18-19-13/h6-7,10-11H,1-5,8-9H2,(H,18,19)/t11-/m1/s1. The zero-order chi connectivity index (χ0) is 13.4. The van der Waals surface area contributed by atoms with Crippen LogP contribution < -0.4 is 4.90 Å². The Morgan fingerprint density at radius 2 is 2.20 bits per heavy atom. The molecule has 2 aliphatic rings. The van der Waals surface area contributed by atoms with Crippen LogP contribution in [-0.4, -0.2) is 33.3 Å². The summed E-state index contributed by atoms with van der Waals surface area (Å²) in [7, 11) is 0. The van der Waals surface area contributed by atoms with E-state index >= 15 is 0 Å². The molecule has 5 heteroatoms. The SMILES string of the molecule is c1cc([C@@H]2CCCN(c3ncnc4c3CCC4)C2)[nH]n1. The van der Waals surface area contributed by atoms with E-state index in [4.69, 9.17) is 0 Å². The normalized spacial score (nSPS) is 22.0. The van der Waals surface area contributed by atoms with Crippen molar-refractivity contribution < 1.29 is 0 Å². The summed E-state index contributed by atoms with van der Waals surface area (Å²) in [6.45, 7) is 2.14. The first-order valence-electron chi connectivity index (χ1n) is 7.49. The number of anilines is 1. The first-order valence-corrected chi connectivity index (χ1v) is 7.49. The molecule has 1 saturated heterocycles. The molecule has 1 atom stereocenters. The van der Waals surface area contributed by atoms with Gasteiger partial charge >= 0.3 is 0 Å². The molecule has 104 valence electrons. The van der Waals surface area contributed by atoms with Crippen LogP contribution >= 0.6 is 0 Å². The van der Waals surface area contributed by atoms with E-state index in [0.717, 1.165) is 25.9 Å². The molecule has 1 aliphatic heterocycles. The molecule has 0 amide bonds. The number of rotatable bonds is 2. The summed E-state index contributed by atoms with van der Waals surface area (Å²) in [6.07, 6.45) is 9.49. The molecule has 20 heavy (non-hydrogen) atoms. The van der Waals surface area contributed by atoms with E-state index in [1.54, 1.807) is 6.33 Å². The number of aryl methyl sites for hydroxylation is 1. The first-order chi connectivity index (χ1) is 9.92. The fourth-order valence-electron chi connectivity index (χ4n) is 3.53. The van der Waals surface area contributed by atoms with Crippen molar-refractivity contribution >= 4 is 5.82 Å². The predicted octanol–water partition coefficient (Wildman–Crippen LogP) is 2.07. The van der Waals surface area contributed by atoms with Crippen LogP contribution in [0.2, 0.25) is 0 Å². The molecule has 0 bridgehead atoms. The van der Waals surface area contributed by atoms with Crippen LogP contribution in [0.5, 0.6) is 0 Å². The highest BCUT2D eigenvalue weighted by molar-refractivity contribution is 5.51. The maximum Gasteiger partial charge on any atom is 0.135 e. The number of H-pyrrole nitrogens is 1. The molecule has 0 spiro atoms. The summed E-state index contributed by atoms with van der Waals surface area (Å²) >= 11 is 0. The third kappa shape index (κ3) is 1.97. The highest BCUT2D eigenvalue weighted by Gasteiger charge is 2.27. The number of piperidine rings is 1.